The zero-order valence-electron chi connectivity index (χ0n) is 9.81. The van der Waals surface area contributed by atoms with Gasteiger partial charge in [-0.05, 0) is 30.5 Å². The Hall–Kier alpha value is -1.81. The molecule has 0 unspecified atom stereocenters. The summed E-state index contributed by atoms with van der Waals surface area (Å²) in [5.74, 6) is -0.0435. The van der Waals surface area contributed by atoms with Gasteiger partial charge in [-0.25, -0.2) is 0 Å². The molecule has 4 nitrogen and oxygen atoms in total. The number of rotatable bonds is 4. The van der Waals surface area contributed by atoms with Gasteiger partial charge in [-0.3, -0.25) is 4.79 Å². The number of hydrogen-bond acceptors (Lipinski definition) is 2. The van der Waals surface area contributed by atoms with Gasteiger partial charge in [0.05, 0.1) is 6.61 Å². The number of amides is 1. The summed E-state index contributed by atoms with van der Waals surface area (Å²) in [5.41, 5.74) is 1.60. The fourth-order valence-electron chi connectivity index (χ4n) is 1.89. The lowest BCUT2D eigenvalue weighted by Crippen LogP contribution is -2.33. The maximum Gasteiger partial charge on any atom is 0.253 e. The van der Waals surface area contributed by atoms with Gasteiger partial charge >= 0.3 is 0 Å². The van der Waals surface area contributed by atoms with Crippen molar-refractivity contribution in [3.8, 4) is 0 Å². The largest absolute Gasteiger partial charge is 0.395 e. The van der Waals surface area contributed by atoms with E-state index in [1.54, 1.807) is 4.90 Å². The molecule has 0 fully saturated rings. The number of aliphatic hydroxyl groups is 1. The van der Waals surface area contributed by atoms with Gasteiger partial charge in [0.15, 0.2) is 0 Å². The van der Waals surface area contributed by atoms with E-state index in [-0.39, 0.29) is 12.5 Å². The van der Waals surface area contributed by atoms with Gasteiger partial charge in [0.2, 0.25) is 0 Å². The second-order valence-corrected chi connectivity index (χ2v) is 3.89. The number of fused-ring (bicyclic) bond motifs is 1. The summed E-state index contributed by atoms with van der Waals surface area (Å²) in [7, 11) is 0. The Morgan fingerprint density at radius 1 is 1.41 bits per heavy atom. The van der Waals surface area contributed by atoms with Crippen LogP contribution in [0.15, 0.2) is 30.5 Å². The molecule has 1 aromatic heterocycles. The topological polar surface area (TPSA) is 56.3 Å². The monoisotopic (exact) mass is 232 g/mol. The average Bonchev–Trinajstić information content (AvgIpc) is 2.82. The first kappa shape index (κ1) is 11.7. The van der Waals surface area contributed by atoms with Crippen LogP contribution in [0.1, 0.15) is 17.3 Å². The summed E-state index contributed by atoms with van der Waals surface area (Å²) in [5, 5.41) is 9.99. The van der Waals surface area contributed by atoms with Crippen molar-refractivity contribution >= 4 is 16.8 Å². The maximum absolute atomic E-state index is 12.1. The smallest absolute Gasteiger partial charge is 0.253 e. The molecule has 1 heterocycles. The van der Waals surface area contributed by atoms with Gasteiger partial charge in [-0.15, -0.1) is 0 Å². The number of aromatic amines is 1. The molecule has 0 aliphatic carbocycles. The van der Waals surface area contributed by atoms with Crippen LogP contribution < -0.4 is 0 Å². The van der Waals surface area contributed by atoms with E-state index in [2.05, 4.69) is 4.98 Å². The van der Waals surface area contributed by atoms with Crippen molar-refractivity contribution in [2.24, 2.45) is 0 Å². The summed E-state index contributed by atoms with van der Waals surface area (Å²) in [6.07, 6.45) is 1.85. The zero-order chi connectivity index (χ0) is 12.3. The van der Waals surface area contributed by atoms with Gasteiger partial charge in [-0.2, -0.15) is 0 Å². The molecule has 0 saturated carbocycles. The van der Waals surface area contributed by atoms with Crippen molar-refractivity contribution in [3.63, 3.8) is 0 Å². The molecule has 0 radical (unpaired) electrons. The van der Waals surface area contributed by atoms with Crippen molar-refractivity contribution < 1.29 is 9.90 Å². The molecular weight excluding hydrogens is 216 g/mol. The van der Waals surface area contributed by atoms with Crippen LogP contribution in [0.2, 0.25) is 0 Å². The van der Waals surface area contributed by atoms with Gasteiger partial charge in [0, 0.05) is 30.4 Å². The van der Waals surface area contributed by atoms with Crippen LogP contribution in [-0.4, -0.2) is 40.6 Å². The molecule has 0 atom stereocenters. The Morgan fingerprint density at radius 3 is 2.94 bits per heavy atom. The van der Waals surface area contributed by atoms with E-state index in [0.717, 1.165) is 10.9 Å². The number of benzene rings is 1. The molecule has 0 spiro atoms. The standard InChI is InChI=1S/C13H16N2O2/c1-2-15(7-8-16)13(17)11-4-3-10-5-6-14-12(10)9-11/h3-6,9,14,16H,2,7-8H2,1H3. The van der Waals surface area contributed by atoms with E-state index in [0.29, 0.717) is 18.7 Å². The molecule has 4 heteroatoms. The highest BCUT2D eigenvalue weighted by Crippen LogP contribution is 2.15. The predicted molar refractivity (Wildman–Crippen MR) is 67.0 cm³/mol. The summed E-state index contributed by atoms with van der Waals surface area (Å²) in [4.78, 5) is 16.8. The summed E-state index contributed by atoms with van der Waals surface area (Å²) in [6.45, 7) is 2.87. The second kappa shape index (κ2) is 5.01. The maximum atomic E-state index is 12.1. The van der Waals surface area contributed by atoms with Crippen molar-refractivity contribution in [1.82, 2.24) is 9.88 Å². The Bertz CT molecular complexity index is 519. The molecule has 1 aromatic carbocycles. The van der Waals surface area contributed by atoms with E-state index >= 15 is 0 Å². The molecule has 0 bridgehead atoms. The first-order valence-corrected chi connectivity index (χ1v) is 5.73. The number of carbonyl (C=O) groups is 1. The molecule has 1 amide bonds. The van der Waals surface area contributed by atoms with Crippen LogP contribution >= 0.6 is 0 Å². The molecule has 0 aliphatic rings. The fraction of sp³-hybridized carbons (Fsp3) is 0.308. The minimum atomic E-state index is -0.0435. The van der Waals surface area contributed by atoms with Crippen LogP contribution in [0.25, 0.3) is 10.9 Å². The number of aromatic nitrogens is 1. The number of likely N-dealkylation sites (N-methyl/N-ethyl adjacent to an activating group) is 1. The van der Waals surface area contributed by atoms with Gasteiger partial charge < -0.3 is 15.0 Å². The van der Waals surface area contributed by atoms with Crippen LogP contribution in [0.4, 0.5) is 0 Å². The minimum Gasteiger partial charge on any atom is -0.395 e. The van der Waals surface area contributed by atoms with Crippen molar-refractivity contribution in [2.75, 3.05) is 19.7 Å². The average molecular weight is 232 g/mol. The van der Waals surface area contributed by atoms with E-state index in [1.165, 1.54) is 0 Å². The quantitative estimate of drug-likeness (QED) is 0.841. The Balaban J connectivity index is 2.28. The second-order valence-electron chi connectivity index (χ2n) is 3.89. The molecular formula is C13H16N2O2. The first-order chi connectivity index (χ1) is 8.26. The molecule has 2 aromatic rings. The SMILES string of the molecule is CCN(CCO)C(=O)c1ccc2cc[nH]c2c1. The number of hydrogen-bond donors (Lipinski definition) is 2. The summed E-state index contributed by atoms with van der Waals surface area (Å²) < 4.78 is 0. The Morgan fingerprint density at radius 2 is 2.24 bits per heavy atom. The van der Waals surface area contributed by atoms with E-state index in [4.69, 9.17) is 5.11 Å². The lowest BCUT2D eigenvalue weighted by atomic mass is 10.1. The Labute approximate surface area is 99.9 Å². The molecule has 0 saturated heterocycles. The number of nitrogens with zero attached hydrogens (tertiary/aromatic N) is 1. The number of H-pyrrole nitrogens is 1. The van der Waals surface area contributed by atoms with E-state index in [1.807, 2.05) is 37.4 Å². The highest BCUT2D eigenvalue weighted by Gasteiger charge is 2.13. The van der Waals surface area contributed by atoms with E-state index in [9.17, 15) is 4.79 Å². The summed E-state index contributed by atoms with van der Waals surface area (Å²) in [6, 6.07) is 7.55. The van der Waals surface area contributed by atoms with Gasteiger partial charge in [0.25, 0.3) is 5.91 Å². The number of nitrogens with one attached hydrogen (secondary N) is 1. The highest BCUT2D eigenvalue weighted by atomic mass is 16.3. The lowest BCUT2D eigenvalue weighted by Gasteiger charge is -2.19. The molecule has 2 rings (SSSR count). The molecule has 17 heavy (non-hydrogen) atoms. The Kier molecular flexibility index (Phi) is 3.44. The minimum absolute atomic E-state index is 0.00960. The number of carbonyl (C=O) groups excluding carboxylic acids is 1. The van der Waals surface area contributed by atoms with Gasteiger partial charge in [-0.1, -0.05) is 6.07 Å². The molecule has 2 N–H and O–H groups in total. The van der Waals surface area contributed by atoms with E-state index < -0.39 is 0 Å². The lowest BCUT2D eigenvalue weighted by molar-refractivity contribution is 0.0732. The van der Waals surface area contributed by atoms with Crippen LogP contribution in [0, 0.1) is 0 Å². The number of aliphatic hydroxyl groups excluding tert-OH is 1. The van der Waals surface area contributed by atoms with Crippen LogP contribution in [0.3, 0.4) is 0 Å². The zero-order valence-corrected chi connectivity index (χ0v) is 9.81. The van der Waals surface area contributed by atoms with Crippen molar-refractivity contribution in [3.05, 3.63) is 36.0 Å². The summed E-state index contributed by atoms with van der Waals surface area (Å²) >= 11 is 0. The van der Waals surface area contributed by atoms with Crippen molar-refractivity contribution in [1.29, 1.82) is 0 Å². The van der Waals surface area contributed by atoms with Gasteiger partial charge in [0.1, 0.15) is 0 Å². The highest BCUT2D eigenvalue weighted by molar-refractivity contribution is 5.97. The van der Waals surface area contributed by atoms with Crippen molar-refractivity contribution in [2.45, 2.75) is 6.92 Å². The normalized spacial score (nSPS) is 10.7. The van der Waals surface area contributed by atoms with Crippen LogP contribution in [0.5, 0.6) is 0 Å². The molecule has 90 valence electrons. The third-order valence-electron chi connectivity index (χ3n) is 2.84. The predicted octanol–water partition coefficient (Wildman–Crippen LogP) is 1.62. The van der Waals surface area contributed by atoms with Crippen LogP contribution in [-0.2, 0) is 0 Å². The third kappa shape index (κ3) is 2.31. The fourth-order valence-corrected chi connectivity index (χ4v) is 1.89. The first-order valence-electron chi connectivity index (χ1n) is 5.73. The third-order valence-corrected chi connectivity index (χ3v) is 2.84. The molecule has 0 aliphatic heterocycles.